The number of nitrogens with zero attached hydrogens (tertiary/aromatic N) is 2. The first-order valence-electron chi connectivity index (χ1n) is 7.71. The van der Waals surface area contributed by atoms with Crippen LogP contribution < -0.4 is 20.9 Å². The van der Waals surface area contributed by atoms with Crippen LogP contribution in [0.1, 0.15) is 12.6 Å². The number of hydrogen-bond acceptors (Lipinski definition) is 4. The molecule has 3 N–H and O–H groups in total. The van der Waals surface area contributed by atoms with Crippen LogP contribution in [0.2, 0.25) is 0 Å². The summed E-state index contributed by atoms with van der Waals surface area (Å²) in [7, 11) is 1.72. The third kappa shape index (κ3) is 3.89. The van der Waals surface area contributed by atoms with Gasteiger partial charge in [-0.1, -0.05) is 18.2 Å². The molecular formula is C17H20ClN5O2. The third-order valence-corrected chi connectivity index (χ3v) is 3.89. The van der Waals surface area contributed by atoms with Crippen LogP contribution in [-0.4, -0.2) is 30.0 Å². The van der Waals surface area contributed by atoms with Crippen molar-refractivity contribution in [3.05, 3.63) is 48.2 Å². The number of nitrogens with one attached hydrogen (secondary N) is 3. The number of amides is 3. The molecule has 25 heavy (non-hydrogen) atoms. The smallest absolute Gasteiger partial charge is 0.326 e. The lowest BCUT2D eigenvalue weighted by atomic mass is 10.2. The fourth-order valence-electron chi connectivity index (χ4n) is 2.44. The number of likely N-dealkylation sites (N-methyl/N-ethyl adjacent to an activating group) is 1. The number of aromatic nitrogens is 1. The van der Waals surface area contributed by atoms with Gasteiger partial charge in [-0.05, 0) is 38.2 Å². The van der Waals surface area contributed by atoms with E-state index in [0.29, 0.717) is 23.7 Å². The molecule has 1 aliphatic heterocycles. The van der Waals surface area contributed by atoms with E-state index >= 15 is 0 Å². The van der Waals surface area contributed by atoms with Crippen LogP contribution in [0.15, 0.2) is 42.5 Å². The van der Waals surface area contributed by atoms with Crippen molar-refractivity contribution >= 4 is 41.5 Å². The number of para-hydroxylation sites is 1. The van der Waals surface area contributed by atoms with E-state index in [9.17, 15) is 9.59 Å². The quantitative estimate of drug-likeness (QED) is 0.780. The van der Waals surface area contributed by atoms with E-state index < -0.39 is 0 Å². The molecule has 0 radical (unpaired) electrons. The van der Waals surface area contributed by atoms with Gasteiger partial charge in [-0.2, -0.15) is 0 Å². The van der Waals surface area contributed by atoms with Gasteiger partial charge in [0.05, 0.1) is 29.7 Å². The molecule has 1 atom stereocenters. The van der Waals surface area contributed by atoms with E-state index in [2.05, 4.69) is 20.9 Å². The highest BCUT2D eigenvalue weighted by Gasteiger charge is 2.26. The zero-order valence-corrected chi connectivity index (χ0v) is 14.8. The predicted molar refractivity (Wildman–Crippen MR) is 99.5 cm³/mol. The van der Waals surface area contributed by atoms with Gasteiger partial charge < -0.3 is 16.0 Å². The van der Waals surface area contributed by atoms with Gasteiger partial charge in [0.15, 0.2) is 0 Å². The van der Waals surface area contributed by atoms with Gasteiger partial charge >= 0.3 is 6.03 Å². The second kappa shape index (κ2) is 7.96. The first-order valence-corrected chi connectivity index (χ1v) is 7.71. The molecule has 3 amide bonds. The highest BCUT2D eigenvalue weighted by Crippen LogP contribution is 2.31. The summed E-state index contributed by atoms with van der Waals surface area (Å²) in [6.07, 6.45) is 0. The minimum atomic E-state index is -0.316. The Hall–Kier alpha value is -2.64. The SMILES string of the molecule is CN[C@@H](C)C(=O)Nc1ccc2c(n1)CNC(=O)N2c1ccccc1.Cl. The number of carbonyl (C=O) groups excluding carboxylic acids is 2. The third-order valence-electron chi connectivity index (χ3n) is 3.89. The number of rotatable bonds is 4. The normalized spacial score (nSPS) is 14.0. The van der Waals surface area contributed by atoms with Gasteiger partial charge in [-0.15, -0.1) is 12.4 Å². The molecule has 2 heterocycles. The summed E-state index contributed by atoms with van der Waals surface area (Å²) in [4.78, 5) is 30.3. The maximum absolute atomic E-state index is 12.3. The maximum Gasteiger partial charge on any atom is 0.326 e. The standard InChI is InChI=1S/C17H19N5O2.ClH/c1-11(18-2)16(23)21-15-9-8-14-13(20-15)10-19-17(24)22(14)12-6-4-3-5-7-12;/h3-9,11,18H,10H2,1-2H3,(H,19,24)(H,20,21,23);1H/t11-;/m0./s1. The van der Waals surface area contributed by atoms with Crippen LogP contribution in [0.4, 0.5) is 22.0 Å². The molecule has 7 nitrogen and oxygen atoms in total. The van der Waals surface area contributed by atoms with E-state index in [4.69, 9.17) is 0 Å². The molecule has 0 spiro atoms. The molecule has 0 aliphatic carbocycles. The second-order valence-corrected chi connectivity index (χ2v) is 5.49. The number of benzene rings is 1. The van der Waals surface area contributed by atoms with E-state index in [1.807, 2.05) is 30.3 Å². The topological polar surface area (TPSA) is 86.4 Å². The molecule has 0 unspecified atom stereocenters. The Morgan fingerprint density at radius 1 is 1.24 bits per heavy atom. The molecule has 0 saturated heterocycles. The average Bonchev–Trinajstić information content (AvgIpc) is 2.61. The van der Waals surface area contributed by atoms with E-state index in [-0.39, 0.29) is 30.4 Å². The molecule has 8 heteroatoms. The summed E-state index contributed by atoms with van der Waals surface area (Å²) >= 11 is 0. The summed E-state index contributed by atoms with van der Waals surface area (Å²) in [6.45, 7) is 2.09. The van der Waals surface area contributed by atoms with E-state index in [1.54, 1.807) is 31.0 Å². The summed E-state index contributed by atoms with van der Waals surface area (Å²) < 4.78 is 0. The Balaban J connectivity index is 0.00000225. The van der Waals surface area contributed by atoms with Crippen LogP contribution in [0.5, 0.6) is 0 Å². The summed E-state index contributed by atoms with van der Waals surface area (Å²) in [6, 6.07) is 12.3. The Morgan fingerprint density at radius 2 is 1.96 bits per heavy atom. The Bertz CT molecular complexity index is 769. The fraction of sp³-hybridized carbons (Fsp3) is 0.235. The number of fused-ring (bicyclic) bond motifs is 1. The van der Waals surface area contributed by atoms with Crippen molar-refractivity contribution in [1.29, 1.82) is 0 Å². The largest absolute Gasteiger partial charge is 0.332 e. The van der Waals surface area contributed by atoms with Gasteiger partial charge in [-0.3, -0.25) is 9.69 Å². The Kier molecular flexibility index (Phi) is 5.95. The van der Waals surface area contributed by atoms with Crippen molar-refractivity contribution in [2.75, 3.05) is 17.3 Å². The Morgan fingerprint density at radius 3 is 2.64 bits per heavy atom. The van der Waals surface area contributed by atoms with Crippen molar-refractivity contribution < 1.29 is 9.59 Å². The van der Waals surface area contributed by atoms with E-state index in [0.717, 1.165) is 5.69 Å². The molecule has 1 aromatic heterocycles. The zero-order chi connectivity index (χ0) is 17.1. The maximum atomic E-state index is 12.3. The molecule has 1 aliphatic rings. The predicted octanol–water partition coefficient (Wildman–Crippen LogP) is 2.41. The van der Waals surface area contributed by atoms with Gasteiger partial charge in [0, 0.05) is 0 Å². The summed E-state index contributed by atoms with van der Waals surface area (Å²) in [5.41, 5.74) is 2.18. The summed E-state index contributed by atoms with van der Waals surface area (Å²) in [5, 5.41) is 8.44. The monoisotopic (exact) mass is 361 g/mol. The molecule has 0 bridgehead atoms. The highest BCUT2D eigenvalue weighted by atomic mass is 35.5. The van der Waals surface area contributed by atoms with Crippen LogP contribution in [-0.2, 0) is 11.3 Å². The van der Waals surface area contributed by atoms with E-state index in [1.165, 1.54) is 0 Å². The lowest BCUT2D eigenvalue weighted by Gasteiger charge is -2.29. The molecule has 132 valence electrons. The number of urea groups is 1. The molecule has 3 rings (SSSR count). The minimum absolute atomic E-state index is 0. The summed E-state index contributed by atoms with van der Waals surface area (Å²) in [5.74, 6) is 0.301. The van der Waals surface area contributed by atoms with Crippen molar-refractivity contribution in [2.45, 2.75) is 19.5 Å². The van der Waals surface area contributed by atoms with Gasteiger partial charge in [0.2, 0.25) is 5.91 Å². The van der Waals surface area contributed by atoms with Crippen LogP contribution in [0.25, 0.3) is 0 Å². The zero-order valence-electron chi connectivity index (χ0n) is 13.9. The van der Waals surface area contributed by atoms with Crippen molar-refractivity contribution in [2.24, 2.45) is 0 Å². The molecular weight excluding hydrogens is 342 g/mol. The number of hydrogen-bond donors (Lipinski definition) is 3. The number of anilines is 3. The Labute approximate surface area is 152 Å². The highest BCUT2D eigenvalue weighted by molar-refractivity contribution is 6.01. The van der Waals surface area contributed by atoms with Crippen LogP contribution in [0.3, 0.4) is 0 Å². The van der Waals surface area contributed by atoms with Crippen LogP contribution >= 0.6 is 12.4 Å². The van der Waals surface area contributed by atoms with Gasteiger partial charge in [0.1, 0.15) is 5.82 Å². The molecule has 2 aromatic rings. The first kappa shape index (κ1) is 18.7. The minimum Gasteiger partial charge on any atom is -0.332 e. The molecule has 0 fully saturated rings. The number of carbonyl (C=O) groups is 2. The van der Waals surface area contributed by atoms with Crippen molar-refractivity contribution in [3.63, 3.8) is 0 Å². The lowest BCUT2D eigenvalue weighted by Crippen LogP contribution is -2.41. The van der Waals surface area contributed by atoms with Gasteiger partial charge in [0.25, 0.3) is 0 Å². The average molecular weight is 362 g/mol. The second-order valence-electron chi connectivity index (χ2n) is 5.49. The molecule has 1 aromatic carbocycles. The van der Waals surface area contributed by atoms with Crippen molar-refractivity contribution in [1.82, 2.24) is 15.6 Å². The molecule has 0 saturated carbocycles. The first-order chi connectivity index (χ1) is 11.6. The number of pyridine rings is 1. The number of halogens is 1. The fourth-order valence-corrected chi connectivity index (χ4v) is 2.44. The van der Waals surface area contributed by atoms with Gasteiger partial charge in [-0.25, -0.2) is 9.78 Å². The lowest BCUT2D eigenvalue weighted by molar-refractivity contribution is -0.117. The van der Waals surface area contributed by atoms with Crippen LogP contribution in [0, 0.1) is 0 Å². The van der Waals surface area contributed by atoms with Crippen molar-refractivity contribution in [3.8, 4) is 0 Å².